The second kappa shape index (κ2) is 25.1. The van der Waals surface area contributed by atoms with E-state index in [0.29, 0.717) is 11.3 Å². The zero-order chi connectivity index (χ0) is 45.6. The van der Waals surface area contributed by atoms with Crippen molar-refractivity contribution >= 4 is 59.3 Å². The van der Waals surface area contributed by atoms with Crippen molar-refractivity contribution in [2.75, 3.05) is 13.1 Å². The third kappa shape index (κ3) is 19.2. The number of H-pyrrole nitrogens is 1. The number of carbonyl (C=O) groups is 8. The fraction of sp³-hybridized carbons (Fsp3) is 0.457. The van der Waals surface area contributed by atoms with Crippen LogP contribution in [0.15, 0.2) is 46.8 Å². The number of imidazole rings is 1. The topological polar surface area (TPSA) is 467 Å². The van der Waals surface area contributed by atoms with E-state index in [1.807, 2.05) is 0 Å². The van der Waals surface area contributed by atoms with Gasteiger partial charge >= 0.3 is 11.9 Å². The van der Waals surface area contributed by atoms with Gasteiger partial charge in [0.15, 0.2) is 11.9 Å². The number of phenols is 1. The molecule has 0 radical (unpaired) electrons. The Hall–Kier alpha value is -7.51. The number of carboxylic acids is 2. The minimum atomic E-state index is -1.85. The highest BCUT2D eigenvalue weighted by atomic mass is 16.4. The predicted molar refractivity (Wildman–Crippen MR) is 215 cm³/mol. The summed E-state index contributed by atoms with van der Waals surface area (Å²) in [6.45, 7) is 0.0175. The van der Waals surface area contributed by atoms with Crippen LogP contribution < -0.4 is 61.0 Å². The van der Waals surface area contributed by atoms with Gasteiger partial charge in [-0.3, -0.25) is 43.5 Å². The van der Waals surface area contributed by atoms with Gasteiger partial charge in [-0.15, -0.1) is 0 Å². The number of hydrogen-bond donors (Lipinski definition) is 15. The van der Waals surface area contributed by atoms with Gasteiger partial charge in [-0.25, -0.2) is 9.78 Å². The number of nitrogens with one attached hydrogen (secondary N) is 6. The Morgan fingerprint density at radius 3 is 1.62 bits per heavy atom. The summed E-state index contributed by atoms with van der Waals surface area (Å²) in [6.07, 6.45) is 0.499. The van der Waals surface area contributed by atoms with Crippen LogP contribution in [0, 0.1) is 0 Å². The maximum atomic E-state index is 14.1. The maximum absolute atomic E-state index is 14.1. The number of nitrogens with two attached hydrogens (primary N) is 6. The zero-order valence-electron chi connectivity index (χ0n) is 32.9. The summed E-state index contributed by atoms with van der Waals surface area (Å²) in [7, 11) is 0. The molecule has 26 nitrogen and oxygen atoms in total. The summed E-state index contributed by atoms with van der Waals surface area (Å²) in [5.41, 5.74) is 33.1. The Bertz CT molecular complexity index is 1880. The van der Waals surface area contributed by atoms with Crippen LogP contribution >= 0.6 is 0 Å². The molecule has 1 aromatic heterocycles. The van der Waals surface area contributed by atoms with E-state index in [-0.39, 0.29) is 69.3 Å². The molecule has 1 aromatic carbocycles. The van der Waals surface area contributed by atoms with Crippen molar-refractivity contribution in [3.63, 3.8) is 0 Å². The van der Waals surface area contributed by atoms with E-state index in [1.165, 1.54) is 36.8 Å². The number of benzene rings is 1. The van der Waals surface area contributed by atoms with Gasteiger partial charge in [-0.2, -0.15) is 0 Å². The average molecular weight is 860 g/mol. The Balaban J connectivity index is 2.46. The molecule has 6 atom stereocenters. The molecular weight excluding hydrogens is 806 g/mol. The van der Waals surface area contributed by atoms with Crippen LogP contribution in [0.5, 0.6) is 5.75 Å². The molecule has 0 aliphatic carbocycles. The first-order valence-corrected chi connectivity index (χ1v) is 18.6. The first kappa shape index (κ1) is 49.6. The Kier molecular flexibility index (Phi) is 20.4. The van der Waals surface area contributed by atoms with Gasteiger partial charge in [0, 0.05) is 37.8 Å². The van der Waals surface area contributed by atoms with E-state index in [2.05, 4.69) is 46.5 Å². The summed E-state index contributed by atoms with van der Waals surface area (Å²) < 4.78 is 0. The van der Waals surface area contributed by atoms with Crippen LogP contribution in [0.3, 0.4) is 0 Å². The number of primary amides is 1. The zero-order valence-corrected chi connectivity index (χ0v) is 32.9. The number of carbonyl (C=O) groups excluding carboxylic acids is 6. The number of amides is 6. The second-order valence-electron chi connectivity index (χ2n) is 13.6. The Labute approximate surface area is 348 Å². The molecule has 0 fully saturated rings. The van der Waals surface area contributed by atoms with Gasteiger partial charge < -0.3 is 81.3 Å². The first-order chi connectivity index (χ1) is 28.7. The number of rotatable bonds is 27. The van der Waals surface area contributed by atoms with Crippen LogP contribution in [0.25, 0.3) is 0 Å². The Morgan fingerprint density at radius 1 is 0.639 bits per heavy atom. The van der Waals surface area contributed by atoms with Crippen molar-refractivity contribution < 1.29 is 53.7 Å². The highest BCUT2D eigenvalue weighted by Crippen LogP contribution is 2.13. The molecule has 6 amide bonds. The first-order valence-electron chi connectivity index (χ1n) is 18.6. The highest BCUT2D eigenvalue weighted by Gasteiger charge is 2.34. The number of aliphatic carboxylic acids is 2. The molecule has 1 heterocycles. The number of nitrogens with zero attached hydrogens (tertiary/aromatic N) is 3. The Morgan fingerprint density at radius 2 is 1.11 bits per heavy atom. The molecular formula is C35H53N15O11. The van der Waals surface area contributed by atoms with Crippen LogP contribution in [0.4, 0.5) is 0 Å². The molecule has 61 heavy (non-hydrogen) atoms. The summed E-state index contributed by atoms with van der Waals surface area (Å²) in [5.74, 6) is -9.60. The van der Waals surface area contributed by atoms with E-state index in [0.717, 1.165) is 0 Å². The van der Waals surface area contributed by atoms with Gasteiger partial charge in [0.25, 0.3) is 0 Å². The fourth-order valence-corrected chi connectivity index (χ4v) is 5.50. The number of aromatic amines is 1. The van der Waals surface area contributed by atoms with E-state index in [9.17, 15) is 53.7 Å². The molecule has 2 aromatic rings. The molecule has 334 valence electrons. The van der Waals surface area contributed by atoms with Crippen molar-refractivity contribution in [1.29, 1.82) is 0 Å². The number of phenolic OH excluding ortho intramolecular Hbond substituents is 1. The molecule has 0 unspecified atom stereocenters. The van der Waals surface area contributed by atoms with E-state index in [4.69, 9.17) is 34.4 Å². The fourth-order valence-electron chi connectivity index (χ4n) is 5.50. The van der Waals surface area contributed by atoms with Crippen LogP contribution in [0.2, 0.25) is 0 Å². The number of guanidine groups is 2. The summed E-state index contributed by atoms with van der Waals surface area (Å²) in [5, 5.41) is 41.1. The molecule has 21 N–H and O–H groups in total. The van der Waals surface area contributed by atoms with Gasteiger partial charge in [0.1, 0.15) is 36.0 Å². The SMILES string of the molecule is NC(=O)C[C@H](N)C(=O)N[C@@H](Cc1cnc[nH]1)C(=O)N[C@@H](CCCN=C(N)N)C(=O)N[C@@H](Cc1ccc(O)cc1)C(=O)N[C@@H](CC(=O)O)C(=O)N[C@@H](CCCN=C(N)N)C(=O)O. The largest absolute Gasteiger partial charge is 0.508 e. The summed E-state index contributed by atoms with van der Waals surface area (Å²) >= 11 is 0. The average Bonchev–Trinajstić information content (AvgIpc) is 3.69. The lowest BCUT2D eigenvalue weighted by Crippen LogP contribution is -2.60. The maximum Gasteiger partial charge on any atom is 0.326 e. The number of hydrogen-bond acceptors (Lipinski definition) is 13. The molecule has 0 bridgehead atoms. The number of aromatic hydroxyl groups is 1. The summed E-state index contributed by atoms with van der Waals surface area (Å²) in [4.78, 5) is 117. The third-order valence-electron chi connectivity index (χ3n) is 8.53. The highest BCUT2D eigenvalue weighted by molar-refractivity contribution is 5.97. The number of carboxylic acid groups (broad SMARTS) is 2. The minimum Gasteiger partial charge on any atom is -0.508 e. The number of aromatic nitrogens is 2. The predicted octanol–water partition coefficient (Wildman–Crippen LogP) is -5.81. The van der Waals surface area contributed by atoms with Crippen LogP contribution in [-0.4, -0.2) is 134 Å². The van der Waals surface area contributed by atoms with Gasteiger partial charge in [-0.05, 0) is 43.4 Å². The molecule has 0 aliphatic heterocycles. The van der Waals surface area contributed by atoms with Crippen LogP contribution in [-0.2, 0) is 51.2 Å². The minimum absolute atomic E-state index is 0.00665. The quantitative estimate of drug-likeness (QED) is 0.0226. The summed E-state index contributed by atoms with van der Waals surface area (Å²) in [6, 6.07) is -3.86. The van der Waals surface area contributed by atoms with Crippen molar-refractivity contribution in [1.82, 2.24) is 36.6 Å². The monoisotopic (exact) mass is 859 g/mol. The lowest BCUT2D eigenvalue weighted by Gasteiger charge is -2.27. The molecule has 0 spiro atoms. The second-order valence-corrected chi connectivity index (χ2v) is 13.6. The van der Waals surface area contributed by atoms with Crippen molar-refractivity contribution in [3.05, 3.63) is 48.0 Å². The van der Waals surface area contributed by atoms with Crippen molar-refractivity contribution in [2.45, 2.75) is 87.6 Å². The number of aliphatic imine (C=N–C) groups is 2. The van der Waals surface area contributed by atoms with Crippen molar-refractivity contribution in [2.24, 2.45) is 44.4 Å². The third-order valence-corrected chi connectivity index (χ3v) is 8.53. The smallest absolute Gasteiger partial charge is 0.326 e. The van der Waals surface area contributed by atoms with Crippen molar-refractivity contribution in [3.8, 4) is 5.75 Å². The standard InChI is InChI=1S/C35H53N15O11/c36-20(13-26(37)52)28(55)48-24(12-18-15-42-16-45-18)31(58)46-21(3-1-9-43-34(38)39)29(56)49-23(11-17-5-7-19(51)8-6-17)30(57)50-25(14-27(53)54)32(59)47-22(33(60)61)4-2-10-44-35(40)41/h5-8,15-16,20-25,51H,1-4,9-14,36H2,(H2,37,52)(H,42,45)(H,46,58)(H,47,59)(H,48,55)(H,49,56)(H,50,57)(H,53,54)(H,60,61)(H4,38,39,43)(H4,40,41,44)/t20-,21-,22-,23-,24-,25-/m0/s1. The van der Waals surface area contributed by atoms with Gasteiger partial charge in [0.05, 0.1) is 25.2 Å². The van der Waals surface area contributed by atoms with Crippen LogP contribution in [0.1, 0.15) is 49.8 Å². The normalized spacial score (nSPS) is 13.7. The van der Waals surface area contributed by atoms with Gasteiger partial charge in [-0.1, -0.05) is 12.1 Å². The lowest BCUT2D eigenvalue weighted by atomic mass is 10.0. The molecule has 0 saturated heterocycles. The molecule has 2 rings (SSSR count). The molecule has 0 saturated carbocycles. The lowest BCUT2D eigenvalue weighted by molar-refractivity contribution is -0.143. The molecule has 26 heteroatoms. The van der Waals surface area contributed by atoms with E-state index in [1.54, 1.807) is 0 Å². The van der Waals surface area contributed by atoms with Gasteiger partial charge in [0.2, 0.25) is 35.4 Å². The van der Waals surface area contributed by atoms with E-state index >= 15 is 0 Å². The molecule has 0 aliphatic rings. The van der Waals surface area contributed by atoms with E-state index < -0.39 is 96.5 Å².